The molecule has 1 aromatic heterocycles. The zero-order valence-corrected chi connectivity index (χ0v) is 21.0. The third kappa shape index (κ3) is 5.27. The fourth-order valence-electron chi connectivity index (χ4n) is 4.85. The molecule has 12 heteroatoms. The minimum absolute atomic E-state index is 0.0167. The Balaban J connectivity index is 1.50. The summed E-state index contributed by atoms with van der Waals surface area (Å²) in [6.45, 7) is 2.13. The fraction of sp³-hybridized carbons (Fsp3) is 0.400. The number of hydrogen-bond donors (Lipinski definition) is 1. The van der Waals surface area contributed by atoms with Gasteiger partial charge in [-0.15, -0.1) is 0 Å². The number of fused-ring (bicyclic) bond motifs is 1. The van der Waals surface area contributed by atoms with Crippen LogP contribution in [0, 0.1) is 0 Å². The second-order valence-corrected chi connectivity index (χ2v) is 10.4. The number of aromatic nitrogens is 2. The van der Waals surface area contributed by atoms with Crippen LogP contribution < -0.4 is 10.2 Å². The van der Waals surface area contributed by atoms with E-state index >= 15 is 0 Å². The van der Waals surface area contributed by atoms with Crippen molar-refractivity contribution < 1.29 is 27.3 Å². The molecule has 2 aliphatic rings. The van der Waals surface area contributed by atoms with Crippen LogP contribution in [0.2, 0.25) is 0 Å². The standard InChI is InChI=1S/C25H27F2N5O4S/c1-37(35)30-9-7-18(8-10-30)32-21-6-5-19(31-11-12-36-15-22(31)33)14-20(21)28-25(32)29-24(34)17-4-2-3-16(13-17)23(26)27/h2-6,13-14,18,23H,7-12,15H2,1H3,(H,28,29,34). The number of amides is 2. The molecule has 2 aliphatic heterocycles. The van der Waals surface area contributed by atoms with Crippen molar-refractivity contribution in [3.63, 3.8) is 0 Å². The van der Waals surface area contributed by atoms with Gasteiger partial charge in [0.05, 0.1) is 28.6 Å². The number of anilines is 2. The number of benzene rings is 2. The van der Waals surface area contributed by atoms with E-state index in [1.807, 2.05) is 21.0 Å². The average molecular weight is 532 g/mol. The van der Waals surface area contributed by atoms with E-state index in [9.17, 15) is 22.6 Å². The Morgan fingerprint density at radius 2 is 1.95 bits per heavy atom. The summed E-state index contributed by atoms with van der Waals surface area (Å²) < 4.78 is 47.4. The third-order valence-corrected chi connectivity index (χ3v) is 7.84. The van der Waals surface area contributed by atoms with E-state index in [0.717, 1.165) is 5.52 Å². The Labute approximate surface area is 215 Å². The molecule has 2 fully saturated rings. The number of alkyl halides is 2. The number of nitrogens with one attached hydrogen (secondary N) is 1. The van der Waals surface area contributed by atoms with Crippen LogP contribution >= 0.6 is 0 Å². The molecule has 196 valence electrons. The molecule has 3 aromatic rings. The lowest BCUT2D eigenvalue weighted by atomic mass is 10.1. The number of carbonyl (C=O) groups is 2. The molecule has 1 N–H and O–H groups in total. The molecule has 0 aliphatic carbocycles. The van der Waals surface area contributed by atoms with E-state index in [2.05, 4.69) is 10.3 Å². The molecule has 37 heavy (non-hydrogen) atoms. The minimum atomic E-state index is -2.69. The van der Waals surface area contributed by atoms with Gasteiger partial charge in [-0.1, -0.05) is 12.1 Å². The number of piperidine rings is 1. The first-order valence-electron chi connectivity index (χ1n) is 12.0. The van der Waals surface area contributed by atoms with E-state index in [4.69, 9.17) is 4.74 Å². The molecule has 0 saturated carbocycles. The molecule has 0 spiro atoms. The summed E-state index contributed by atoms with van der Waals surface area (Å²) in [6.07, 6.45) is 0.352. The van der Waals surface area contributed by atoms with Crippen LogP contribution in [0.5, 0.6) is 0 Å². The number of nitrogens with zero attached hydrogens (tertiary/aromatic N) is 4. The Kier molecular flexibility index (Phi) is 7.31. The van der Waals surface area contributed by atoms with Crippen LogP contribution in [-0.4, -0.2) is 69.0 Å². The number of halogens is 2. The zero-order valence-electron chi connectivity index (χ0n) is 20.2. The molecular formula is C25H27F2N5O4S. The van der Waals surface area contributed by atoms with Gasteiger partial charge < -0.3 is 14.2 Å². The highest BCUT2D eigenvalue weighted by Crippen LogP contribution is 2.33. The third-order valence-electron chi connectivity index (χ3n) is 6.75. The van der Waals surface area contributed by atoms with Crippen LogP contribution in [-0.2, 0) is 20.5 Å². The number of imidazole rings is 1. The summed E-state index contributed by atoms with van der Waals surface area (Å²) in [5.41, 5.74) is 1.92. The van der Waals surface area contributed by atoms with Crippen LogP contribution in [0.4, 0.5) is 20.4 Å². The fourth-order valence-corrected chi connectivity index (χ4v) is 5.58. The molecule has 2 saturated heterocycles. The summed E-state index contributed by atoms with van der Waals surface area (Å²) in [5.74, 6) is -0.392. The zero-order chi connectivity index (χ0) is 26.1. The largest absolute Gasteiger partial charge is 0.370 e. The van der Waals surface area contributed by atoms with Crippen LogP contribution in [0.3, 0.4) is 0 Å². The molecule has 0 radical (unpaired) electrons. The summed E-state index contributed by atoms with van der Waals surface area (Å²) >= 11 is 0. The van der Waals surface area contributed by atoms with Crippen molar-refractivity contribution in [2.24, 2.45) is 0 Å². The Morgan fingerprint density at radius 1 is 1.16 bits per heavy atom. The number of morpholine rings is 1. The first-order chi connectivity index (χ1) is 17.8. The second-order valence-electron chi connectivity index (χ2n) is 9.04. The lowest BCUT2D eigenvalue weighted by Gasteiger charge is -2.31. The Hall–Kier alpha value is -3.22. The smallest absolute Gasteiger partial charge is 0.263 e. The van der Waals surface area contributed by atoms with Gasteiger partial charge in [-0.3, -0.25) is 14.9 Å². The van der Waals surface area contributed by atoms with Gasteiger partial charge in [0.15, 0.2) is 0 Å². The first kappa shape index (κ1) is 25.4. The Bertz CT molecular complexity index is 1360. The summed E-state index contributed by atoms with van der Waals surface area (Å²) in [4.78, 5) is 31.8. The highest BCUT2D eigenvalue weighted by Gasteiger charge is 2.28. The quantitative estimate of drug-likeness (QED) is 0.525. The van der Waals surface area contributed by atoms with Gasteiger partial charge in [-0.2, -0.15) is 0 Å². The summed E-state index contributed by atoms with van der Waals surface area (Å²) in [6, 6.07) is 10.8. The van der Waals surface area contributed by atoms with E-state index in [1.165, 1.54) is 24.3 Å². The highest BCUT2D eigenvalue weighted by molar-refractivity contribution is 7.81. The topological polar surface area (TPSA) is 96.8 Å². The van der Waals surface area contributed by atoms with E-state index in [1.54, 1.807) is 17.2 Å². The maximum absolute atomic E-state index is 13.2. The molecule has 5 rings (SSSR count). The molecule has 3 heterocycles. The molecule has 1 unspecified atom stereocenters. The van der Waals surface area contributed by atoms with Gasteiger partial charge in [0, 0.05) is 48.7 Å². The van der Waals surface area contributed by atoms with E-state index < -0.39 is 23.3 Å². The van der Waals surface area contributed by atoms with E-state index in [0.29, 0.717) is 56.2 Å². The summed E-state index contributed by atoms with van der Waals surface area (Å²) in [7, 11) is -1.07. The lowest BCUT2D eigenvalue weighted by molar-refractivity contribution is -0.125. The van der Waals surface area contributed by atoms with Crippen molar-refractivity contribution in [3.05, 3.63) is 53.6 Å². The summed E-state index contributed by atoms with van der Waals surface area (Å²) in [5, 5.41) is 2.82. The van der Waals surface area contributed by atoms with Crippen molar-refractivity contribution in [2.45, 2.75) is 25.3 Å². The molecule has 2 amide bonds. The van der Waals surface area contributed by atoms with Crippen molar-refractivity contribution in [1.82, 2.24) is 13.9 Å². The highest BCUT2D eigenvalue weighted by atomic mass is 32.2. The van der Waals surface area contributed by atoms with Gasteiger partial charge in [0.25, 0.3) is 18.2 Å². The molecule has 1 atom stereocenters. The predicted octanol–water partition coefficient (Wildman–Crippen LogP) is 3.52. The van der Waals surface area contributed by atoms with Gasteiger partial charge in [0.1, 0.15) is 6.61 Å². The van der Waals surface area contributed by atoms with Crippen LogP contribution in [0.15, 0.2) is 42.5 Å². The Morgan fingerprint density at radius 3 is 2.65 bits per heavy atom. The van der Waals surface area contributed by atoms with Crippen molar-refractivity contribution >= 4 is 45.5 Å². The molecular weight excluding hydrogens is 504 g/mol. The van der Waals surface area contributed by atoms with Gasteiger partial charge >= 0.3 is 0 Å². The maximum atomic E-state index is 13.2. The number of rotatable bonds is 6. The minimum Gasteiger partial charge on any atom is -0.370 e. The maximum Gasteiger partial charge on any atom is 0.263 e. The molecule has 0 bridgehead atoms. The van der Waals surface area contributed by atoms with Gasteiger partial charge in [-0.25, -0.2) is 22.3 Å². The van der Waals surface area contributed by atoms with Crippen molar-refractivity contribution in [2.75, 3.05) is 49.3 Å². The van der Waals surface area contributed by atoms with Crippen molar-refractivity contribution in [1.29, 1.82) is 0 Å². The monoisotopic (exact) mass is 531 g/mol. The van der Waals surface area contributed by atoms with Crippen molar-refractivity contribution in [3.8, 4) is 0 Å². The number of carbonyl (C=O) groups excluding carboxylic acids is 2. The SMILES string of the molecule is CS(=O)N1CCC(n2c(NC(=O)c3cccc(C(F)F)c3)nc3cc(N4CCOCC4=O)ccc32)CC1. The predicted molar refractivity (Wildman–Crippen MR) is 136 cm³/mol. The second kappa shape index (κ2) is 10.6. The first-order valence-corrected chi connectivity index (χ1v) is 13.5. The molecule has 9 nitrogen and oxygen atoms in total. The van der Waals surface area contributed by atoms with E-state index in [-0.39, 0.29) is 29.7 Å². The van der Waals surface area contributed by atoms with Crippen LogP contribution in [0.1, 0.15) is 41.2 Å². The normalized spacial score (nSPS) is 18.5. The number of hydrogen-bond acceptors (Lipinski definition) is 5. The molecule has 2 aromatic carbocycles. The van der Waals surface area contributed by atoms with Gasteiger partial charge in [0.2, 0.25) is 5.95 Å². The lowest BCUT2D eigenvalue weighted by Crippen LogP contribution is -2.41. The van der Waals surface area contributed by atoms with Crippen LogP contribution in [0.25, 0.3) is 11.0 Å². The average Bonchev–Trinajstić information content (AvgIpc) is 3.25. The number of ether oxygens (including phenoxy) is 1. The van der Waals surface area contributed by atoms with Gasteiger partial charge in [-0.05, 0) is 43.2 Å².